The smallest absolute Gasteiger partial charge is 0.123 e. The standard InChI is InChI=1S/C11H9ClFNS/c12-5-4-10-7-15-11(14-10)8-2-1-3-9(13)6-8/h1-3,6-7H,4-5H2. The predicted molar refractivity (Wildman–Crippen MR) is 61.9 cm³/mol. The zero-order chi connectivity index (χ0) is 10.7. The largest absolute Gasteiger partial charge is 0.241 e. The van der Waals surface area contributed by atoms with Crippen molar-refractivity contribution >= 4 is 22.9 Å². The van der Waals surface area contributed by atoms with Gasteiger partial charge in [-0.2, -0.15) is 0 Å². The van der Waals surface area contributed by atoms with Crippen molar-refractivity contribution in [2.24, 2.45) is 0 Å². The van der Waals surface area contributed by atoms with E-state index in [0.717, 1.165) is 22.7 Å². The summed E-state index contributed by atoms with van der Waals surface area (Å²) in [6.45, 7) is 0. The van der Waals surface area contributed by atoms with Crippen LogP contribution in [0.25, 0.3) is 10.6 Å². The van der Waals surface area contributed by atoms with E-state index >= 15 is 0 Å². The molecule has 4 heteroatoms. The molecular weight excluding hydrogens is 233 g/mol. The monoisotopic (exact) mass is 241 g/mol. The lowest BCUT2D eigenvalue weighted by Crippen LogP contribution is -1.86. The van der Waals surface area contributed by atoms with Crippen molar-refractivity contribution in [2.75, 3.05) is 5.88 Å². The van der Waals surface area contributed by atoms with Gasteiger partial charge in [0.05, 0.1) is 5.69 Å². The third-order valence-corrected chi connectivity index (χ3v) is 3.10. The Morgan fingerprint density at radius 2 is 2.27 bits per heavy atom. The Hall–Kier alpha value is -0.930. The number of aryl methyl sites for hydroxylation is 1. The van der Waals surface area contributed by atoms with Gasteiger partial charge < -0.3 is 0 Å². The molecule has 2 aromatic rings. The molecule has 15 heavy (non-hydrogen) atoms. The van der Waals surface area contributed by atoms with Gasteiger partial charge in [-0.05, 0) is 12.1 Å². The van der Waals surface area contributed by atoms with E-state index in [9.17, 15) is 4.39 Å². The van der Waals surface area contributed by atoms with Gasteiger partial charge in [-0.15, -0.1) is 22.9 Å². The number of rotatable bonds is 3. The van der Waals surface area contributed by atoms with E-state index < -0.39 is 0 Å². The number of alkyl halides is 1. The SMILES string of the molecule is Fc1cccc(-c2nc(CCCl)cs2)c1. The van der Waals surface area contributed by atoms with Crippen molar-refractivity contribution in [3.8, 4) is 10.6 Å². The summed E-state index contributed by atoms with van der Waals surface area (Å²) in [5.41, 5.74) is 1.79. The number of hydrogen-bond acceptors (Lipinski definition) is 2. The molecule has 0 saturated heterocycles. The second kappa shape index (κ2) is 4.73. The van der Waals surface area contributed by atoms with Crippen LogP contribution in [0.5, 0.6) is 0 Å². The summed E-state index contributed by atoms with van der Waals surface area (Å²) < 4.78 is 13.0. The summed E-state index contributed by atoms with van der Waals surface area (Å²) in [5, 5.41) is 2.80. The van der Waals surface area contributed by atoms with Gasteiger partial charge in [0, 0.05) is 23.2 Å². The van der Waals surface area contributed by atoms with E-state index in [1.165, 1.54) is 23.5 Å². The minimum atomic E-state index is -0.235. The number of aromatic nitrogens is 1. The number of thiazole rings is 1. The Morgan fingerprint density at radius 3 is 3.00 bits per heavy atom. The maximum atomic E-state index is 13.0. The second-order valence-electron chi connectivity index (χ2n) is 3.09. The van der Waals surface area contributed by atoms with Crippen LogP contribution in [0.4, 0.5) is 4.39 Å². The lowest BCUT2D eigenvalue weighted by molar-refractivity contribution is 0.628. The predicted octanol–water partition coefficient (Wildman–Crippen LogP) is 3.73. The molecule has 0 aliphatic carbocycles. The molecule has 0 aliphatic rings. The molecule has 78 valence electrons. The minimum absolute atomic E-state index is 0.235. The molecule has 1 nitrogen and oxygen atoms in total. The number of benzene rings is 1. The van der Waals surface area contributed by atoms with Crippen LogP contribution in [0.1, 0.15) is 5.69 Å². The molecule has 0 fully saturated rings. The highest BCUT2D eigenvalue weighted by atomic mass is 35.5. The third kappa shape index (κ3) is 2.55. The molecular formula is C11H9ClFNS. The first kappa shape index (κ1) is 10.6. The Morgan fingerprint density at radius 1 is 1.40 bits per heavy atom. The van der Waals surface area contributed by atoms with Crippen LogP contribution in [-0.4, -0.2) is 10.9 Å². The summed E-state index contributed by atoms with van der Waals surface area (Å²) in [6.07, 6.45) is 0.757. The van der Waals surface area contributed by atoms with E-state index in [1.807, 2.05) is 11.4 Å². The van der Waals surface area contributed by atoms with Gasteiger partial charge in [-0.1, -0.05) is 12.1 Å². The quantitative estimate of drug-likeness (QED) is 0.747. The summed E-state index contributed by atoms with van der Waals surface area (Å²) in [7, 11) is 0. The van der Waals surface area contributed by atoms with E-state index in [2.05, 4.69) is 4.98 Å². The van der Waals surface area contributed by atoms with Gasteiger partial charge >= 0.3 is 0 Å². The van der Waals surface area contributed by atoms with Crippen molar-refractivity contribution in [3.05, 3.63) is 41.2 Å². The lowest BCUT2D eigenvalue weighted by Gasteiger charge is -1.95. The molecule has 0 bridgehead atoms. The summed E-state index contributed by atoms with van der Waals surface area (Å²) in [6, 6.07) is 6.46. The molecule has 0 atom stereocenters. The van der Waals surface area contributed by atoms with Gasteiger partial charge in [0.1, 0.15) is 10.8 Å². The second-order valence-corrected chi connectivity index (χ2v) is 4.33. The Balaban J connectivity index is 2.29. The number of hydrogen-bond donors (Lipinski definition) is 0. The van der Waals surface area contributed by atoms with Gasteiger partial charge in [0.25, 0.3) is 0 Å². The molecule has 1 heterocycles. The molecule has 1 aromatic carbocycles. The van der Waals surface area contributed by atoms with E-state index in [-0.39, 0.29) is 5.82 Å². The Kier molecular flexibility index (Phi) is 3.34. The molecule has 0 unspecified atom stereocenters. The van der Waals surface area contributed by atoms with Crippen molar-refractivity contribution in [1.29, 1.82) is 0 Å². The van der Waals surface area contributed by atoms with Crippen LogP contribution in [0.15, 0.2) is 29.6 Å². The molecule has 0 aliphatic heterocycles. The van der Waals surface area contributed by atoms with E-state index in [4.69, 9.17) is 11.6 Å². The van der Waals surface area contributed by atoms with Crippen molar-refractivity contribution < 1.29 is 4.39 Å². The highest BCUT2D eigenvalue weighted by Crippen LogP contribution is 2.24. The van der Waals surface area contributed by atoms with Crippen molar-refractivity contribution in [1.82, 2.24) is 4.98 Å². The first-order chi connectivity index (χ1) is 7.29. The summed E-state index contributed by atoms with van der Waals surface area (Å²) >= 11 is 7.14. The molecule has 0 spiro atoms. The molecule has 1 aromatic heterocycles. The average Bonchev–Trinajstić information content (AvgIpc) is 2.67. The van der Waals surface area contributed by atoms with E-state index in [0.29, 0.717) is 5.88 Å². The first-order valence-electron chi connectivity index (χ1n) is 4.56. The fraction of sp³-hybridized carbons (Fsp3) is 0.182. The maximum absolute atomic E-state index is 13.0. The lowest BCUT2D eigenvalue weighted by atomic mass is 10.2. The normalized spacial score (nSPS) is 10.5. The molecule has 0 saturated carbocycles. The Bertz CT molecular complexity index is 455. The van der Waals surface area contributed by atoms with Crippen LogP contribution in [0, 0.1) is 5.82 Å². The first-order valence-corrected chi connectivity index (χ1v) is 5.97. The third-order valence-electron chi connectivity index (χ3n) is 1.97. The summed E-state index contributed by atoms with van der Waals surface area (Å²) in [4.78, 5) is 4.38. The highest BCUT2D eigenvalue weighted by Gasteiger charge is 2.04. The fourth-order valence-corrected chi connectivity index (χ4v) is 2.32. The molecule has 2 rings (SSSR count). The van der Waals surface area contributed by atoms with Gasteiger partial charge in [-0.25, -0.2) is 9.37 Å². The average molecular weight is 242 g/mol. The van der Waals surface area contributed by atoms with Gasteiger partial charge in [-0.3, -0.25) is 0 Å². The molecule has 0 radical (unpaired) electrons. The highest BCUT2D eigenvalue weighted by molar-refractivity contribution is 7.13. The van der Waals surface area contributed by atoms with Crippen LogP contribution in [0.3, 0.4) is 0 Å². The van der Waals surface area contributed by atoms with Crippen LogP contribution < -0.4 is 0 Å². The van der Waals surface area contributed by atoms with Crippen molar-refractivity contribution in [3.63, 3.8) is 0 Å². The fourth-order valence-electron chi connectivity index (χ4n) is 1.27. The van der Waals surface area contributed by atoms with Crippen LogP contribution in [0.2, 0.25) is 0 Å². The minimum Gasteiger partial charge on any atom is -0.241 e. The van der Waals surface area contributed by atoms with Gasteiger partial charge in [0.2, 0.25) is 0 Å². The number of nitrogens with zero attached hydrogens (tertiary/aromatic N) is 1. The van der Waals surface area contributed by atoms with Crippen LogP contribution >= 0.6 is 22.9 Å². The number of halogens is 2. The molecule has 0 N–H and O–H groups in total. The maximum Gasteiger partial charge on any atom is 0.123 e. The molecule has 0 amide bonds. The Labute approximate surface area is 96.5 Å². The zero-order valence-electron chi connectivity index (χ0n) is 7.91. The van der Waals surface area contributed by atoms with Gasteiger partial charge in [0.15, 0.2) is 0 Å². The topological polar surface area (TPSA) is 12.9 Å². The zero-order valence-corrected chi connectivity index (χ0v) is 9.48. The van der Waals surface area contributed by atoms with E-state index in [1.54, 1.807) is 6.07 Å². The summed E-state index contributed by atoms with van der Waals surface area (Å²) in [5.74, 6) is 0.327. The van der Waals surface area contributed by atoms with Crippen molar-refractivity contribution in [2.45, 2.75) is 6.42 Å². The van der Waals surface area contributed by atoms with Crippen LogP contribution in [-0.2, 0) is 6.42 Å².